The van der Waals surface area contributed by atoms with E-state index in [0.29, 0.717) is 5.92 Å². The average Bonchev–Trinajstić information content (AvgIpc) is 2.54. The second-order valence-electron chi connectivity index (χ2n) is 5.18. The van der Waals surface area contributed by atoms with E-state index in [1.165, 1.54) is 12.6 Å². The number of halogens is 1. The van der Waals surface area contributed by atoms with Crippen LogP contribution >= 0.6 is 15.9 Å². The number of sulfonamides is 1. The summed E-state index contributed by atoms with van der Waals surface area (Å²) in [4.78, 5) is 0.276. The summed E-state index contributed by atoms with van der Waals surface area (Å²) in [6, 6.07) is 15.6. The molecule has 0 unspecified atom stereocenters. The third-order valence-corrected chi connectivity index (χ3v) is 5.98. The maximum Gasteiger partial charge on any atom is 0.240 e. The Morgan fingerprint density at radius 2 is 1.82 bits per heavy atom. The molecule has 0 saturated carbocycles. The average molecular weight is 382 g/mol. The quantitative estimate of drug-likeness (QED) is 0.818. The van der Waals surface area contributed by atoms with Crippen molar-refractivity contribution >= 4 is 26.0 Å². The van der Waals surface area contributed by atoms with Crippen LogP contribution in [0.2, 0.25) is 0 Å². The van der Waals surface area contributed by atoms with E-state index in [9.17, 15) is 8.42 Å². The van der Waals surface area contributed by atoms with Gasteiger partial charge in [-0.05, 0) is 49.1 Å². The highest BCUT2D eigenvalue weighted by Gasteiger charge is 2.16. The zero-order valence-electron chi connectivity index (χ0n) is 12.7. The fourth-order valence-corrected chi connectivity index (χ4v) is 3.92. The van der Waals surface area contributed by atoms with Crippen molar-refractivity contribution in [2.24, 2.45) is 0 Å². The predicted molar refractivity (Wildman–Crippen MR) is 93.6 cm³/mol. The molecule has 0 aromatic heterocycles. The molecule has 1 N–H and O–H groups in total. The van der Waals surface area contributed by atoms with E-state index in [0.717, 1.165) is 22.9 Å². The fraction of sp³-hybridized carbons (Fsp3) is 0.294. The zero-order chi connectivity index (χ0) is 16.2. The van der Waals surface area contributed by atoms with E-state index in [-0.39, 0.29) is 4.90 Å². The van der Waals surface area contributed by atoms with Crippen LogP contribution in [0.4, 0.5) is 0 Å². The van der Waals surface area contributed by atoms with Gasteiger partial charge in [0.2, 0.25) is 10.0 Å². The molecule has 2 aromatic rings. The molecule has 2 rings (SSSR count). The summed E-state index contributed by atoms with van der Waals surface area (Å²) >= 11 is 3.51. The van der Waals surface area contributed by atoms with Gasteiger partial charge in [0, 0.05) is 4.47 Å². The van der Waals surface area contributed by atoms with Gasteiger partial charge in [-0.3, -0.25) is 0 Å². The fourth-order valence-electron chi connectivity index (χ4n) is 2.47. The number of benzene rings is 2. The van der Waals surface area contributed by atoms with Gasteiger partial charge in [-0.25, -0.2) is 13.1 Å². The lowest BCUT2D eigenvalue weighted by atomic mass is 9.90. The van der Waals surface area contributed by atoms with Crippen LogP contribution in [-0.2, 0) is 16.4 Å². The predicted octanol–water partition coefficient (Wildman–Crippen LogP) is 4.09. The zero-order valence-corrected chi connectivity index (χ0v) is 15.1. The molecule has 118 valence electrons. The highest BCUT2D eigenvalue weighted by atomic mass is 79.9. The molecule has 22 heavy (non-hydrogen) atoms. The second kappa shape index (κ2) is 7.40. The van der Waals surface area contributed by atoms with Gasteiger partial charge in [0.15, 0.2) is 0 Å². The van der Waals surface area contributed by atoms with Gasteiger partial charge in [0.05, 0.1) is 4.90 Å². The molecule has 2 aromatic carbocycles. The van der Waals surface area contributed by atoms with Crippen LogP contribution in [0.1, 0.15) is 30.4 Å². The third kappa shape index (κ3) is 3.97. The second-order valence-corrected chi connectivity index (χ2v) is 7.92. The maximum absolute atomic E-state index is 11.8. The maximum atomic E-state index is 11.8. The molecular formula is C17H20BrNO2S. The molecule has 0 heterocycles. The summed E-state index contributed by atoms with van der Waals surface area (Å²) in [7, 11) is -1.99. The molecule has 5 heteroatoms. The summed E-state index contributed by atoms with van der Waals surface area (Å²) in [6.45, 7) is 2.17. The van der Waals surface area contributed by atoms with Crippen molar-refractivity contribution in [3.8, 4) is 0 Å². The SMILES string of the molecule is CC[C@@H](Cc1ccc(S(=O)(=O)NC)cc1Br)c1ccccc1. The molecule has 0 spiro atoms. The van der Waals surface area contributed by atoms with Crippen LogP contribution in [0, 0.1) is 0 Å². The molecule has 0 aliphatic rings. The van der Waals surface area contributed by atoms with Crippen LogP contribution in [0.25, 0.3) is 0 Å². The lowest BCUT2D eigenvalue weighted by molar-refractivity contribution is 0.588. The number of rotatable bonds is 6. The van der Waals surface area contributed by atoms with Gasteiger partial charge < -0.3 is 0 Å². The van der Waals surface area contributed by atoms with Gasteiger partial charge in [0.1, 0.15) is 0 Å². The van der Waals surface area contributed by atoms with Crippen molar-refractivity contribution in [1.82, 2.24) is 4.72 Å². The normalized spacial score (nSPS) is 13.0. The van der Waals surface area contributed by atoms with E-state index in [4.69, 9.17) is 0 Å². The van der Waals surface area contributed by atoms with Crippen LogP contribution in [0.3, 0.4) is 0 Å². The van der Waals surface area contributed by atoms with Crippen LogP contribution in [0.15, 0.2) is 57.9 Å². The molecule has 0 saturated heterocycles. The minimum Gasteiger partial charge on any atom is -0.214 e. The topological polar surface area (TPSA) is 46.2 Å². The van der Waals surface area contributed by atoms with Crippen molar-refractivity contribution in [2.45, 2.75) is 30.6 Å². The number of hydrogen-bond donors (Lipinski definition) is 1. The summed E-state index contributed by atoms with van der Waals surface area (Å²) in [5.74, 6) is 0.421. The molecule has 0 amide bonds. The van der Waals surface area contributed by atoms with Gasteiger partial charge in [-0.2, -0.15) is 0 Å². The highest BCUT2D eigenvalue weighted by Crippen LogP contribution is 2.29. The first-order valence-corrected chi connectivity index (χ1v) is 9.52. The Balaban J connectivity index is 2.27. The molecule has 0 radical (unpaired) electrons. The summed E-state index contributed by atoms with van der Waals surface area (Å²) in [6.07, 6.45) is 1.91. The lowest BCUT2D eigenvalue weighted by Gasteiger charge is -2.17. The Hall–Kier alpha value is -1.17. The molecule has 3 nitrogen and oxygen atoms in total. The molecule has 0 fully saturated rings. The van der Waals surface area contributed by atoms with E-state index in [2.05, 4.69) is 51.8 Å². The van der Waals surface area contributed by atoms with Crippen LogP contribution in [-0.4, -0.2) is 15.5 Å². The van der Waals surface area contributed by atoms with E-state index in [1.54, 1.807) is 12.1 Å². The number of nitrogens with one attached hydrogen (secondary N) is 1. The third-order valence-electron chi connectivity index (χ3n) is 3.83. The van der Waals surface area contributed by atoms with Crippen molar-refractivity contribution in [1.29, 1.82) is 0 Å². The Morgan fingerprint density at radius 1 is 1.14 bits per heavy atom. The minimum absolute atomic E-state index is 0.276. The van der Waals surface area contributed by atoms with Crippen molar-refractivity contribution < 1.29 is 8.42 Å². The highest BCUT2D eigenvalue weighted by molar-refractivity contribution is 9.10. The molecule has 0 bridgehead atoms. The summed E-state index contributed by atoms with van der Waals surface area (Å²) in [5, 5.41) is 0. The standard InChI is InChI=1S/C17H20BrNO2S/c1-3-13(14-7-5-4-6-8-14)11-15-9-10-16(12-17(15)18)22(20,21)19-2/h4-10,12-13,19H,3,11H2,1-2H3/t13-/m0/s1. The first-order valence-electron chi connectivity index (χ1n) is 7.25. The Labute approximate surface area is 140 Å². The largest absolute Gasteiger partial charge is 0.240 e. The molecule has 0 aliphatic heterocycles. The molecule has 0 aliphatic carbocycles. The van der Waals surface area contributed by atoms with Gasteiger partial charge in [-0.15, -0.1) is 0 Å². The Bertz CT molecular complexity index is 730. The first kappa shape index (κ1) is 17.2. The van der Waals surface area contributed by atoms with E-state index >= 15 is 0 Å². The monoisotopic (exact) mass is 381 g/mol. The molecule has 1 atom stereocenters. The molecular weight excluding hydrogens is 362 g/mol. The summed E-state index contributed by atoms with van der Waals surface area (Å²) < 4.78 is 26.8. The van der Waals surface area contributed by atoms with Gasteiger partial charge in [0.25, 0.3) is 0 Å². The van der Waals surface area contributed by atoms with E-state index < -0.39 is 10.0 Å². The van der Waals surface area contributed by atoms with Crippen LogP contribution in [0.5, 0.6) is 0 Å². The van der Waals surface area contributed by atoms with Crippen molar-refractivity contribution in [3.63, 3.8) is 0 Å². The van der Waals surface area contributed by atoms with Crippen molar-refractivity contribution in [2.75, 3.05) is 7.05 Å². The van der Waals surface area contributed by atoms with Crippen molar-refractivity contribution in [3.05, 3.63) is 64.1 Å². The lowest BCUT2D eigenvalue weighted by Crippen LogP contribution is -2.18. The summed E-state index contributed by atoms with van der Waals surface area (Å²) in [5.41, 5.74) is 2.43. The Kier molecular flexibility index (Phi) is 5.78. The minimum atomic E-state index is -3.40. The van der Waals surface area contributed by atoms with Gasteiger partial charge in [-0.1, -0.05) is 59.3 Å². The number of hydrogen-bond acceptors (Lipinski definition) is 2. The van der Waals surface area contributed by atoms with Gasteiger partial charge >= 0.3 is 0 Å². The van der Waals surface area contributed by atoms with Crippen LogP contribution < -0.4 is 4.72 Å². The smallest absolute Gasteiger partial charge is 0.214 e. The first-order chi connectivity index (χ1) is 10.5. The Morgan fingerprint density at radius 3 is 2.36 bits per heavy atom. The van der Waals surface area contributed by atoms with E-state index in [1.807, 2.05) is 12.1 Å².